The highest BCUT2D eigenvalue weighted by Crippen LogP contribution is 2.20. The SMILES string of the molecule is CN=C(NCc1ccc(CN2CCOCC2)cc1)NC1CCN(c2ncccc2F)C1.I. The van der Waals surface area contributed by atoms with Gasteiger partial charge in [-0.2, -0.15) is 0 Å². The van der Waals surface area contributed by atoms with Gasteiger partial charge in [0.15, 0.2) is 17.6 Å². The maximum absolute atomic E-state index is 14.0. The summed E-state index contributed by atoms with van der Waals surface area (Å²) in [5.74, 6) is 0.903. The van der Waals surface area contributed by atoms with Crippen LogP contribution in [0.3, 0.4) is 0 Å². The van der Waals surface area contributed by atoms with Gasteiger partial charge < -0.3 is 20.3 Å². The molecule has 9 heteroatoms. The van der Waals surface area contributed by atoms with Crippen molar-refractivity contribution in [3.8, 4) is 0 Å². The molecule has 0 bridgehead atoms. The maximum atomic E-state index is 14.0. The topological polar surface area (TPSA) is 65.0 Å². The van der Waals surface area contributed by atoms with E-state index in [9.17, 15) is 4.39 Å². The van der Waals surface area contributed by atoms with Crippen LogP contribution in [0.1, 0.15) is 17.5 Å². The Morgan fingerprint density at radius 1 is 1.16 bits per heavy atom. The number of guanidine groups is 1. The molecule has 0 amide bonds. The molecule has 3 heterocycles. The Kier molecular flexibility index (Phi) is 9.49. The summed E-state index contributed by atoms with van der Waals surface area (Å²) in [5.41, 5.74) is 2.53. The number of aliphatic imine (C=N–C) groups is 1. The van der Waals surface area contributed by atoms with Crippen LogP contribution in [-0.4, -0.2) is 68.3 Å². The summed E-state index contributed by atoms with van der Waals surface area (Å²) in [7, 11) is 1.77. The van der Waals surface area contributed by atoms with E-state index in [1.165, 1.54) is 17.2 Å². The van der Waals surface area contributed by atoms with Gasteiger partial charge in [0.25, 0.3) is 0 Å². The molecule has 2 N–H and O–H groups in total. The highest BCUT2D eigenvalue weighted by Gasteiger charge is 2.25. The third-order valence-corrected chi connectivity index (χ3v) is 5.78. The van der Waals surface area contributed by atoms with Gasteiger partial charge in [0, 0.05) is 58.6 Å². The highest BCUT2D eigenvalue weighted by atomic mass is 127. The van der Waals surface area contributed by atoms with Gasteiger partial charge in [0.05, 0.1) is 13.2 Å². The summed E-state index contributed by atoms with van der Waals surface area (Å²) >= 11 is 0. The molecule has 0 aliphatic carbocycles. The molecule has 32 heavy (non-hydrogen) atoms. The number of hydrogen-bond donors (Lipinski definition) is 2. The minimum absolute atomic E-state index is 0. The Bertz CT molecular complexity index is 875. The van der Waals surface area contributed by atoms with E-state index in [0.717, 1.165) is 51.8 Å². The van der Waals surface area contributed by atoms with Crippen LogP contribution in [0.15, 0.2) is 47.6 Å². The van der Waals surface area contributed by atoms with Crippen LogP contribution in [0.25, 0.3) is 0 Å². The number of anilines is 1. The van der Waals surface area contributed by atoms with Gasteiger partial charge in [-0.3, -0.25) is 9.89 Å². The number of nitrogens with zero attached hydrogens (tertiary/aromatic N) is 4. The Hall–Kier alpha value is -1.98. The monoisotopic (exact) mass is 554 g/mol. The largest absolute Gasteiger partial charge is 0.379 e. The van der Waals surface area contributed by atoms with Crippen LogP contribution < -0.4 is 15.5 Å². The number of rotatable bonds is 6. The number of ether oxygens (including phenoxy) is 1. The zero-order chi connectivity index (χ0) is 21.5. The fourth-order valence-corrected chi connectivity index (χ4v) is 4.03. The van der Waals surface area contributed by atoms with Crippen molar-refractivity contribution in [2.45, 2.75) is 25.6 Å². The first kappa shape index (κ1) is 24.7. The van der Waals surface area contributed by atoms with Crippen LogP contribution in [0.5, 0.6) is 0 Å². The van der Waals surface area contributed by atoms with Gasteiger partial charge >= 0.3 is 0 Å². The predicted molar refractivity (Wildman–Crippen MR) is 136 cm³/mol. The number of benzene rings is 1. The molecule has 0 spiro atoms. The van der Waals surface area contributed by atoms with Crippen LogP contribution in [-0.2, 0) is 17.8 Å². The minimum Gasteiger partial charge on any atom is -0.379 e. The average molecular weight is 554 g/mol. The molecule has 0 saturated carbocycles. The fourth-order valence-electron chi connectivity index (χ4n) is 4.03. The van der Waals surface area contributed by atoms with Gasteiger partial charge in [0.2, 0.25) is 0 Å². The van der Waals surface area contributed by atoms with Gasteiger partial charge in [-0.25, -0.2) is 9.37 Å². The van der Waals surface area contributed by atoms with Gasteiger partial charge in [-0.1, -0.05) is 24.3 Å². The second-order valence-electron chi connectivity index (χ2n) is 8.02. The van der Waals surface area contributed by atoms with Crippen LogP contribution in [0, 0.1) is 5.82 Å². The summed E-state index contributed by atoms with van der Waals surface area (Å²) < 4.78 is 19.4. The fraction of sp³-hybridized carbons (Fsp3) is 0.478. The van der Waals surface area contributed by atoms with Crippen molar-refractivity contribution in [1.82, 2.24) is 20.5 Å². The van der Waals surface area contributed by atoms with E-state index in [2.05, 4.69) is 49.8 Å². The summed E-state index contributed by atoms with van der Waals surface area (Å²) in [6.45, 7) is 6.78. The lowest BCUT2D eigenvalue weighted by Gasteiger charge is -2.26. The lowest BCUT2D eigenvalue weighted by Crippen LogP contribution is -2.44. The van der Waals surface area contributed by atoms with Crippen LogP contribution >= 0.6 is 24.0 Å². The Balaban J connectivity index is 0.00000289. The average Bonchev–Trinajstić information content (AvgIpc) is 3.27. The predicted octanol–water partition coefficient (Wildman–Crippen LogP) is 2.61. The molecule has 2 aliphatic heterocycles. The molecule has 7 nitrogen and oxygen atoms in total. The maximum Gasteiger partial charge on any atom is 0.191 e. The van der Waals surface area contributed by atoms with E-state index in [1.807, 2.05) is 4.90 Å². The van der Waals surface area contributed by atoms with E-state index >= 15 is 0 Å². The number of hydrogen-bond acceptors (Lipinski definition) is 5. The van der Waals surface area contributed by atoms with Crippen molar-refractivity contribution in [3.63, 3.8) is 0 Å². The van der Waals surface area contributed by atoms with Crippen molar-refractivity contribution in [3.05, 3.63) is 59.5 Å². The van der Waals surface area contributed by atoms with Crippen molar-refractivity contribution in [1.29, 1.82) is 0 Å². The first-order valence-corrected chi connectivity index (χ1v) is 10.9. The highest BCUT2D eigenvalue weighted by molar-refractivity contribution is 14.0. The minimum atomic E-state index is -0.275. The molecule has 2 saturated heterocycles. The molecule has 1 unspecified atom stereocenters. The summed E-state index contributed by atoms with van der Waals surface area (Å²) in [6, 6.07) is 12.0. The quantitative estimate of drug-likeness (QED) is 0.326. The first-order chi connectivity index (χ1) is 15.2. The smallest absolute Gasteiger partial charge is 0.191 e. The van der Waals surface area contributed by atoms with E-state index in [1.54, 1.807) is 19.3 Å². The Morgan fingerprint density at radius 2 is 1.91 bits per heavy atom. The molecule has 174 valence electrons. The summed E-state index contributed by atoms with van der Waals surface area (Å²) in [5, 5.41) is 6.83. The first-order valence-electron chi connectivity index (χ1n) is 10.9. The Labute approximate surface area is 206 Å². The van der Waals surface area contributed by atoms with E-state index in [4.69, 9.17) is 4.74 Å². The van der Waals surface area contributed by atoms with Crippen molar-refractivity contribution < 1.29 is 9.13 Å². The second kappa shape index (κ2) is 12.3. The number of aromatic nitrogens is 1. The molecule has 2 fully saturated rings. The van der Waals surface area contributed by atoms with Crippen molar-refractivity contribution in [2.75, 3.05) is 51.3 Å². The van der Waals surface area contributed by atoms with E-state index in [-0.39, 0.29) is 35.8 Å². The van der Waals surface area contributed by atoms with Crippen molar-refractivity contribution >= 4 is 35.8 Å². The van der Waals surface area contributed by atoms with Gasteiger partial charge in [0.1, 0.15) is 0 Å². The van der Waals surface area contributed by atoms with E-state index < -0.39 is 0 Å². The second-order valence-corrected chi connectivity index (χ2v) is 8.02. The van der Waals surface area contributed by atoms with Crippen LogP contribution in [0.4, 0.5) is 10.2 Å². The Morgan fingerprint density at radius 3 is 2.62 bits per heavy atom. The number of morpholine rings is 1. The molecule has 1 aromatic carbocycles. The van der Waals surface area contributed by atoms with Crippen LogP contribution in [0.2, 0.25) is 0 Å². The molecular formula is C23H32FIN6O. The molecule has 2 aromatic rings. The zero-order valence-electron chi connectivity index (χ0n) is 18.5. The molecule has 0 radical (unpaired) electrons. The molecule has 1 atom stereocenters. The molecule has 4 rings (SSSR count). The van der Waals surface area contributed by atoms with Gasteiger partial charge in [-0.15, -0.1) is 24.0 Å². The normalized spacial score (nSPS) is 19.5. The summed E-state index contributed by atoms with van der Waals surface area (Å²) in [4.78, 5) is 12.9. The number of pyridine rings is 1. The van der Waals surface area contributed by atoms with Crippen molar-refractivity contribution in [2.24, 2.45) is 4.99 Å². The lowest BCUT2D eigenvalue weighted by molar-refractivity contribution is 0.0342. The summed E-state index contributed by atoms with van der Waals surface area (Å²) in [6.07, 6.45) is 2.54. The number of nitrogens with one attached hydrogen (secondary N) is 2. The molecule has 1 aromatic heterocycles. The molecular weight excluding hydrogens is 522 g/mol. The van der Waals surface area contributed by atoms with Gasteiger partial charge in [-0.05, 0) is 29.7 Å². The zero-order valence-corrected chi connectivity index (χ0v) is 20.8. The van der Waals surface area contributed by atoms with E-state index in [0.29, 0.717) is 18.9 Å². The lowest BCUT2D eigenvalue weighted by atomic mass is 10.1. The third kappa shape index (κ3) is 6.76. The standard InChI is InChI=1S/C23H31FN6O.HI/c1-25-23(28-20-8-10-30(17-20)22-21(24)3-2-9-26-22)27-15-18-4-6-19(7-5-18)16-29-11-13-31-14-12-29;/h2-7,9,20H,8,10-17H2,1H3,(H2,25,27,28);1H. The third-order valence-electron chi connectivity index (χ3n) is 5.78. The molecule has 2 aliphatic rings. The number of halogens is 2.